The van der Waals surface area contributed by atoms with E-state index < -0.39 is 0 Å². The van der Waals surface area contributed by atoms with Crippen LogP contribution in [0.15, 0.2) is 42.0 Å². The summed E-state index contributed by atoms with van der Waals surface area (Å²) >= 11 is 0. The van der Waals surface area contributed by atoms with Gasteiger partial charge in [0.1, 0.15) is 17.7 Å². The van der Waals surface area contributed by atoms with Crippen LogP contribution < -0.4 is 0 Å². The number of allylic oxidation sites excluding steroid dienone is 1. The summed E-state index contributed by atoms with van der Waals surface area (Å²) in [5.74, 6) is 0. The molecule has 0 fully saturated rings. The monoisotopic (exact) mass is 256 g/mol. The van der Waals surface area contributed by atoms with Gasteiger partial charge in [0.15, 0.2) is 0 Å². The van der Waals surface area contributed by atoms with E-state index in [1.165, 1.54) is 11.1 Å². The fourth-order valence-corrected chi connectivity index (χ4v) is 2.75. The maximum Gasteiger partial charge on any atom is 0.138 e. The molecule has 1 aliphatic rings. The SMILES string of the molecule is Cc1ccc2c(c1)-c1cc(C)ccc1C2=C(C#N)C#N. The van der Waals surface area contributed by atoms with Crippen molar-refractivity contribution < 1.29 is 0 Å². The molecule has 0 radical (unpaired) electrons. The van der Waals surface area contributed by atoms with Gasteiger partial charge in [-0.05, 0) is 36.1 Å². The van der Waals surface area contributed by atoms with E-state index in [4.69, 9.17) is 0 Å². The van der Waals surface area contributed by atoms with Crippen LogP contribution in [0.5, 0.6) is 0 Å². The van der Waals surface area contributed by atoms with Crippen LogP contribution in [0.4, 0.5) is 0 Å². The number of nitrogens with zero attached hydrogens (tertiary/aromatic N) is 2. The van der Waals surface area contributed by atoms with Gasteiger partial charge in [-0.25, -0.2) is 0 Å². The maximum atomic E-state index is 9.22. The second-order valence-corrected chi connectivity index (χ2v) is 5.07. The summed E-state index contributed by atoms with van der Waals surface area (Å²) < 4.78 is 0. The van der Waals surface area contributed by atoms with E-state index in [1.807, 2.05) is 50.3 Å². The molecule has 94 valence electrons. The van der Waals surface area contributed by atoms with Crippen LogP contribution in [0.1, 0.15) is 22.3 Å². The van der Waals surface area contributed by atoms with Crippen LogP contribution in [-0.2, 0) is 0 Å². The fourth-order valence-electron chi connectivity index (χ4n) is 2.75. The van der Waals surface area contributed by atoms with Gasteiger partial charge in [-0.1, -0.05) is 47.5 Å². The third kappa shape index (κ3) is 1.63. The summed E-state index contributed by atoms with van der Waals surface area (Å²) in [7, 11) is 0. The Bertz CT molecular complexity index is 773. The highest BCUT2D eigenvalue weighted by Crippen LogP contribution is 2.46. The van der Waals surface area contributed by atoms with E-state index in [-0.39, 0.29) is 5.57 Å². The molecule has 1 aliphatic carbocycles. The molecule has 0 aromatic heterocycles. The highest BCUT2D eigenvalue weighted by atomic mass is 14.3. The summed E-state index contributed by atoms with van der Waals surface area (Å²) in [4.78, 5) is 0. The van der Waals surface area contributed by atoms with Crippen molar-refractivity contribution in [1.29, 1.82) is 10.5 Å². The maximum absolute atomic E-state index is 9.22. The Morgan fingerprint density at radius 2 is 1.20 bits per heavy atom. The highest BCUT2D eigenvalue weighted by molar-refractivity contribution is 6.04. The number of aryl methyl sites for hydroxylation is 2. The molecule has 0 amide bonds. The van der Waals surface area contributed by atoms with Gasteiger partial charge in [-0.2, -0.15) is 10.5 Å². The van der Waals surface area contributed by atoms with Crippen molar-refractivity contribution in [1.82, 2.24) is 0 Å². The molecule has 20 heavy (non-hydrogen) atoms. The molecule has 0 bridgehead atoms. The molecule has 0 aliphatic heterocycles. The molecule has 0 unspecified atom stereocenters. The molecule has 0 atom stereocenters. The van der Waals surface area contributed by atoms with Gasteiger partial charge in [0.05, 0.1) is 0 Å². The van der Waals surface area contributed by atoms with Crippen molar-refractivity contribution in [2.75, 3.05) is 0 Å². The first-order valence-corrected chi connectivity index (χ1v) is 6.42. The smallest absolute Gasteiger partial charge is 0.138 e. The summed E-state index contributed by atoms with van der Waals surface area (Å²) in [6, 6.07) is 16.3. The average Bonchev–Trinajstić information content (AvgIpc) is 2.74. The van der Waals surface area contributed by atoms with Crippen LogP contribution in [-0.4, -0.2) is 0 Å². The molecule has 2 aromatic carbocycles. The summed E-state index contributed by atoms with van der Waals surface area (Å²) in [5.41, 5.74) is 7.48. The quantitative estimate of drug-likeness (QED) is 0.568. The zero-order chi connectivity index (χ0) is 14.3. The predicted octanol–water partition coefficient (Wildman–Crippen LogP) is 4.13. The van der Waals surface area contributed by atoms with Crippen molar-refractivity contribution in [2.45, 2.75) is 13.8 Å². The van der Waals surface area contributed by atoms with Gasteiger partial charge in [-0.3, -0.25) is 0 Å². The lowest BCUT2D eigenvalue weighted by Crippen LogP contribution is -1.87. The average molecular weight is 256 g/mol. The predicted molar refractivity (Wildman–Crippen MR) is 78.6 cm³/mol. The van der Waals surface area contributed by atoms with E-state index >= 15 is 0 Å². The first-order valence-electron chi connectivity index (χ1n) is 6.42. The van der Waals surface area contributed by atoms with Crippen molar-refractivity contribution >= 4 is 5.57 Å². The Labute approximate surface area is 118 Å². The molecule has 2 heteroatoms. The summed E-state index contributed by atoms with van der Waals surface area (Å²) in [6.45, 7) is 4.10. The molecule has 2 aromatic rings. The third-order valence-corrected chi connectivity index (χ3v) is 3.65. The molecule has 2 nitrogen and oxygen atoms in total. The largest absolute Gasteiger partial charge is 0.192 e. The number of nitriles is 2. The molecule has 0 N–H and O–H groups in total. The number of fused-ring (bicyclic) bond motifs is 3. The zero-order valence-corrected chi connectivity index (χ0v) is 11.4. The van der Waals surface area contributed by atoms with Gasteiger partial charge in [0, 0.05) is 5.57 Å². The van der Waals surface area contributed by atoms with Gasteiger partial charge in [0.25, 0.3) is 0 Å². The third-order valence-electron chi connectivity index (χ3n) is 3.65. The molecule has 3 rings (SSSR count). The number of benzene rings is 2. The molecule has 0 saturated heterocycles. The van der Waals surface area contributed by atoms with Crippen LogP contribution in [0.25, 0.3) is 16.7 Å². The molecule has 0 spiro atoms. The molecular weight excluding hydrogens is 244 g/mol. The van der Waals surface area contributed by atoms with Crippen LogP contribution in [0.2, 0.25) is 0 Å². The highest BCUT2D eigenvalue weighted by Gasteiger charge is 2.26. The summed E-state index contributed by atoms with van der Waals surface area (Å²) in [6.07, 6.45) is 0. The Hall–Kier alpha value is -2.84. The second kappa shape index (κ2) is 4.37. The van der Waals surface area contributed by atoms with Gasteiger partial charge < -0.3 is 0 Å². The number of hydrogen-bond donors (Lipinski definition) is 0. The molecular formula is C18H12N2. The molecule has 0 saturated carbocycles. The Morgan fingerprint density at radius 3 is 1.60 bits per heavy atom. The zero-order valence-electron chi connectivity index (χ0n) is 11.4. The lowest BCUT2D eigenvalue weighted by atomic mass is 9.98. The fraction of sp³-hybridized carbons (Fsp3) is 0.111. The van der Waals surface area contributed by atoms with Crippen molar-refractivity contribution in [3.05, 3.63) is 64.2 Å². The van der Waals surface area contributed by atoms with E-state index in [0.29, 0.717) is 0 Å². The van der Waals surface area contributed by atoms with E-state index in [0.717, 1.165) is 27.8 Å². The van der Waals surface area contributed by atoms with Crippen LogP contribution in [0.3, 0.4) is 0 Å². The van der Waals surface area contributed by atoms with Gasteiger partial charge >= 0.3 is 0 Å². The van der Waals surface area contributed by atoms with Crippen molar-refractivity contribution in [3.63, 3.8) is 0 Å². The summed E-state index contributed by atoms with van der Waals surface area (Å²) in [5, 5.41) is 18.4. The minimum Gasteiger partial charge on any atom is -0.192 e. The van der Waals surface area contributed by atoms with E-state index in [2.05, 4.69) is 12.1 Å². The van der Waals surface area contributed by atoms with E-state index in [9.17, 15) is 10.5 Å². The van der Waals surface area contributed by atoms with Crippen molar-refractivity contribution in [2.24, 2.45) is 0 Å². The number of rotatable bonds is 0. The standard InChI is InChI=1S/C18H12N2/c1-11-3-5-14-16(7-11)17-8-12(2)4-6-15(17)18(14)13(9-19)10-20/h3-8H,1-2H3. The Balaban J connectivity index is 2.47. The Morgan fingerprint density at radius 1 is 0.750 bits per heavy atom. The minimum atomic E-state index is 0.178. The normalized spacial score (nSPS) is 11.3. The first kappa shape index (κ1) is 12.2. The Kier molecular flexibility index (Phi) is 2.67. The number of hydrogen-bond acceptors (Lipinski definition) is 2. The topological polar surface area (TPSA) is 47.6 Å². The van der Waals surface area contributed by atoms with Gasteiger partial charge in [-0.15, -0.1) is 0 Å². The lowest BCUT2D eigenvalue weighted by molar-refractivity contribution is 1.45. The minimum absolute atomic E-state index is 0.178. The second-order valence-electron chi connectivity index (χ2n) is 5.07. The van der Waals surface area contributed by atoms with Crippen LogP contribution in [0, 0.1) is 36.5 Å². The van der Waals surface area contributed by atoms with Crippen LogP contribution >= 0.6 is 0 Å². The lowest BCUT2D eigenvalue weighted by Gasteiger charge is -2.02. The first-order chi connectivity index (χ1) is 9.65. The molecule has 0 heterocycles. The van der Waals surface area contributed by atoms with Gasteiger partial charge in [0.2, 0.25) is 0 Å². The van der Waals surface area contributed by atoms with Crippen molar-refractivity contribution in [3.8, 4) is 23.3 Å². The van der Waals surface area contributed by atoms with E-state index in [1.54, 1.807) is 0 Å².